The fourth-order valence-electron chi connectivity index (χ4n) is 13.0. The van der Waals surface area contributed by atoms with Crippen molar-refractivity contribution in [1.82, 2.24) is 8.97 Å². The molecular formula is C66H40N4O2. The van der Waals surface area contributed by atoms with E-state index in [-0.39, 0.29) is 6.04 Å². The molecule has 2 aliphatic rings. The molecule has 0 amide bonds. The van der Waals surface area contributed by atoms with Crippen LogP contribution in [0.2, 0.25) is 0 Å². The van der Waals surface area contributed by atoms with Crippen molar-refractivity contribution in [3.05, 3.63) is 235 Å². The minimum absolute atomic E-state index is 0.123. The number of para-hydroxylation sites is 6. The van der Waals surface area contributed by atoms with E-state index in [2.05, 4.69) is 231 Å². The van der Waals surface area contributed by atoms with Gasteiger partial charge in [0.05, 0.1) is 39.7 Å². The van der Waals surface area contributed by atoms with E-state index < -0.39 is 0 Å². The van der Waals surface area contributed by atoms with Gasteiger partial charge < -0.3 is 27.6 Å². The van der Waals surface area contributed by atoms with Gasteiger partial charge in [0.2, 0.25) is 0 Å². The zero-order valence-corrected chi connectivity index (χ0v) is 38.8. The van der Waals surface area contributed by atoms with Gasteiger partial charge in [-0.15, -0.1) is 0 Å². The second-order valence-electron chi connectivity index (χ2n) is 19.5. The van der Waals surface area contributed by atoms with Crippen molar-refractivity contribution in [2.75, 3.05) is 9.80 Å². The monoisotopic (exact) mass is 920 g/mol. The van der Waals surface area contributed by atoms with Gasteiger partial charge in [0.25, 0.3) is 0 Å². The molecule has 0 spiro atoms. The maximum Gasteiger partial charge on any atom is 0.135 e. The number of hydrogen-bond acceptors (Lipinski definition) is 4. The van der Waals surface area contributed by atoms with E-state index in [1.165, 1.54) is 71.4 Å². The second-order valence-corrected chi connectivity index (χ2v) is 19.5. The molecule has 5 aromatic heterocycles. The third kappa shape index (κ3) is 5.02. The van der Waals surface area contributed by atoms with E-state index in [4.69, 9.17) is 8.83 Å². The minimum Gasteiger partial charge on any atom is -0.456 e. The third-order valence-corrected chi connectivity index (χ3v) is 15.9. The van der Waals surface area contributed by atoms with Crippen LogP contribution in [0.25, 0.3) is 105 Å². The van der Waals surface area contributed by atoms with Crippen molar-refractivity contribution in [2.24, 2.45) is 0 Å². The highest BCUT2D eigenvalue weighted by Crippen LogP contribution is 2.57. The second kappa shape index (κ2) is 14.1. The SMILES string of the molecule is C1=C2c3ccc(N(c4ccccc4)c4ccc5oc6ccccc6c5c4)c4c5ccccc5n(c34)C2Cc2c1n1c3ccccc3c3c(N(c4ccccc4)c4ccc5oc6ccccc6c5c4)ccc2c31. The van der Waals surface area contributed by atoms with Crippen LogP contribution in [0.3, 0.4) is 0 Å². The average molecular weight is 921 g/mol. The molecule has 10 aromatic carbocycles. The lowest BCUT2D eigenvalue weighted by Gasteiger charge is -2.27. The fourth-order valence-corrected chi connectivity index (χ4v) is 13.0. The van der Waals surface area contributed by atoms with Gasteiger partial charge in [-0.2, -0.15) is 0 Å². The van der Waals surface area contributed by atoms with Gasteiger partial charge in [-0.25, -0.2) is 0 Å². The van der Waals surface area contributed by atoms with E-state index in [1.54, 1.807) is 0 Å². The largest absolute Gasteiger partial charge is 0.456 e. The highest BCUT2D eigenvalue weighted by molar-refractivity contribution is 6.25. The number of hydrogen-bond donors (Lipinski definition) is 0. The molecule has 6 heteroatoms. The summed E-state index contributed by atoms with van der Waals surface area (Å²) in [6, 6.07) is 79.2. The Bertz CT molecular complexity index is 4800. The van der Waals surface area contributed by atoms with Gasteiger partial charge >= 0.3 is 0 Å². The Labute approximate surface area is 412 Å². The van der Waals surface area contributed by atoms with Crippen LogP contribution in [-0.4, -0.2) is 8.97 Å². The Kier molecular flexibility index (Phi) is 7.49. The molecule has 0 N–H and O–H groups in total. The molecule has 1 aliphatic carbocycles. The first-order valence-electron chi connectivity index (χ1n) is 24.8. The standard InChI is InChI=1S/C66H40N4O2/c1-3-15-39(16-4-1)67(41-27-33-61-51(35-41)43-19-9-13-25-59(43)71-61)55-31-29-45-49-37-58-50(38-57(49)69-53-23-11-7-21-47(53)63(55)65(45)69)46-30-32-56(64-48-22-8-12-24-54(48)70(58)66(46)64)68(40-17-5-2-6-18-40)42-28-34-62-52(36-42)44-20-10-14-26-60(44)72-62/h1-37,57H,38H2. The van der Waals surface area contributed by atoms with Gasteiger partial charge in [0, 0.05) is 88.7 Å². The quantitative estimate of drug-likeness (QED) is 0.167. The van der Waals surface area contributed by atoms with Crippen molar-refractivity contribution in [3.8, 4) is 0 Å². The lowest BCUT2D eigenvalue weighted by atomic mass is 9.87. The molecule has 6 nitrogen and oxygen atoms in total. The number of aromatic nitrogens is 2. The first-order chi connectivity index (χ1) is 35.7. The maximum absolute atomic E-state index is 6.33. The number of nitrogens with zero attached hydrogens (tertiary/aromatic N) is 4. The van der Waals surface area contributed by atoms with E-state index in [1.807, 2.05) is 12.1 Å². The molecule has 1 aliphatic heterocycles. The summed E-state index contributed by atoms with van der Waals surface area (Å²) in [7, 11) is 0. The Morgan fingerprint density at radius 1 is 0.389 bits per heavy atom. The van der Waals surface area contributed by atoms with Crippen molar-refractivity contribution >= 4 is 139 Å². The number of fused-ring (bicyclic) bond motifs is 18. The van der Waals surface area contributed by atoms with Gasteiger partial charge in [0.15, 0.2) is 0 Å². The lowest BCUT2D eigenvalue weighted by molar-refractivity contribution is 0.668. The van der Waals surface area contributed by atoms with Crippen LogP contribution in [0.1, 0.15) is 22.9 Å². The van der Waals surface area contributed by atoms with Gasteiger partial charge in [-0.1, -0.05) is 121 Å². The Morgan fingerprint density at radius 3 is 1.51 bits per heavy atom. The van der Waals surface area contributed by atoms with E-state index >= 15 is 0 Å². The van der Waals surface area contributed by atoms with Crippen LogP contribution in [0.5, 0.6) is 0 Å². The van der Waals surface area contributed by atoms with Gasteiger partial charge in [-0.3, -0.25) is 0 Å². The molecule has 0 saturated heterocycles. The molecule has 0 bridgehead atoms. The fraction of sp³-hybridized carbons (Fsp3) is 0.0303. The molecule has 6 heterocycles. The molecule has 15 aromatic rings. The summed E-state index contributed by atoms with van der Waals surface area (Å²) in [6.45, 7) is 0. The van der Waals surface area contributed by atoms with Crippen molar-refractivity contribution in [2.45, 2.75) is 12.5 Å². The molecule has 0 fully saturated rings. The summed E-state index contributed by atoms with van der Waals surface area (Å²) in [5, 5.41) is 10.8. The number of rotatable bonds is 6. The summed E-state index contributed by atoms with van der Waals surface area (Å²) in [4.78, 5) is 4.88. The van der Waals surface area contributed by atoms with E-state index in [0.29, 0.717) is 0 Å². The van der Waals surface area contributed by atoms with Crippen molar-refractivity contribution < 1.29 is 8.83 Å². The molecule has 72 heavy (non-hydrogen) atoms. The number of anilines is 6. The van der Waals surface area contributed by atoms with Crippen LogP contribution in [-0.2, 0) is 6.42 Å². The smallest absolute Gasteiger partial charge is 0.135 e. The highest BCUT2D eigenvalue weighted by atomic mass is 16.3. The molecule has 0 saturated carbocycles. The first-order valence-corrected chi connectivity index (χ1v) is 24.8. The summed E-state index contributed by atoms with van der Waals surface area (Å²) in [5.41, 5.74) is 20.6. The van der Waals surface area contributed by atoms with Gasteiger partial charge in [-0.05, 0) is 114 Å². The first kappa shape index (κ1) is 38.3. The van der Waals surface area contributed by atoms with Crippen LogP contribution in [0.15, 0.2) is 227 Å². The Morgan fingerprint density at radius 2 is 0.889 bits per heavy atom. The third-order valence-electron chi connectivity index (χ3n) is 15.9. The number of allylic oxidation sites excluding steroid dienone is 1. The average Bonchev–Trinajstić information content (AvgIpc) is 4.29. The Hall–Kier alpha value is -9.52. The molecule has 336 valence electrons. The van der Waals surface area contributed by atoms with Crippen LogP contribution in [0, 0.1) is 0 Å². The maximum atomic E-state index is 6.33. The minimum atomic E-state index is 0.123. The topological polar surface area (TPSA) is 42.1 Å². The summed E-state index contributed by atoms with van der Waals surface area (Å²) in [5.74, 6) is 0. The summed E-state index contributed by atoms with van der Waals surface area (Å²) >= 11 is 0. The van der Waals surface area contributed by atoms with Crippen molar-refractivity contribution in [1.29, 1.82) is 0 Å². The van der Waals surface area contributed by atoms with Crippen molar-refractivity contribution in [3.63, 3.8) is 0 Å². The normalized spacial score (nSPS) is 14.3. The molecule has 17 rings (SSSR count). The van der Waals surface area contributed by atoms with Crippen LogP contribution < -0.4 is 9.80 Å². The lowest BCUT2D eigenvalue weighted by Crippen LogP contribution is -2.12. The zero-order chi connectivity index (χ0) is 46.8. The predicted octanol–water partition coefficient (Wildman–Crippen LogP) is 18.2. The van der Waals surface area contributed by atoms with E-state index in [9.17, 15) is 0 Å². The summed E-state index contributed by atoms with van der Waals surface area (Å²) in [6.07, 6.45) is 3.41. The number of benzene rings is 10. The predicted molar refractivity (Wildman–Crippen MR) is 298 cm³/mol. The molecule has 1 atom stereocenters. The summed E-state index contributed by atoms with van der Waals surface area (Å²) < 4.78 is 17.9. The van der Waals surface area contributed by atoms with E-state index in [0.717, 1.165) is 84.4 Å². The highest BCUT2D eigenvalue weighted by Gasteiger charge is 2.39. The zero-order valence-electron chi connectivity index (χ0n) is 38.8. The molecule has 0 radical (unpaired) electrons. The Balaban J connectivity index is 0.883. The van der Waals surface area contributed by atoms with Crippen LogP contribution >= 0.6 is 0 Å². The molecule has 1 unspecified atom stereocenters. The number of furan rings is 2. The van der Waals surface area contributed by atoms with Crippen LogP contribution in [0.4, 0.5) is 34.1 Å². The molecular weight excluding hydrogens is 881 g/mol. The van der Waals surface area contributed by atoms with Gasteiger partial charge in [0.1, 0.15) is 22.3 Å².